The average Bonchev–Trinajstić information content (AvgIpc) is 2.85. The fraction of sp³-hybridized carbons (Fsp3) is 0.636. The van der Waals surface area contributed by atoms with Gasteiger partial charge in [0.25, 0.3) is 0 Å². The normalized spacial score (nSPS) is 20.6. The van der Waals surface area contributed by atoms with Crippen LogP contribution >= 0.6 is 23.2 Å². The first-order chi connectivity index (χ1) is 7.68. The van der Waals surface area contributed by atoms with Gasteiger partial charge in [-0.05, 0) is 18.4 Å². The largest absolute Gasteiger partial charge is 0.381 e. The smallest absolute Gasteiger partial charge is 0.127 e. The predicted octanol–water partition coefficient (Wildman–Crippen LogP) is 2.46. The molecule has 0 amide bonds. The summed E-state index contributed by atoms with van der Waals surface area (Å²) in [6.45, 7) is 3.55. The first kappa shape index (κ1) is 12.2. The zero-order chi connectivity index (χ0) is 11.5. The molecule has 0 radical (unpaired) electrons. The second-order valence-corrected chi connectivity index (χ2v) is 4.96. The van der Waals surface area contributed by atoms with Crippen LogP contribution in [0.25, 0.3) is 0 Å². The molecule has 1 unspecified atom stereocenters. The lowest BCUT2D eigenvalue weighted by Crippen LogP contribution is -2.23. The Bertz CT molecular complexity index is 359. The SMILES string of the molecule is Cn1c(CNCC2CCOC2)cc(Cl)c1Cl. The van der Waals surface area contributed by atoms with E-state index in [2.05, 4.69) is 5.32 Å². The van der Waals surface area contributed by atoms with E-state index in [9.17, 15) is 0 Å². The van der Waals surface area contributed by atoms with Crippen LogP contribution < -0.4 is 5.32 Å². The summed E-state index contributed by atoms with van der Waals surface area (Å²) in [5.74, 6) is 0.645. The Labute approximate surface area is 106 Å². The number of nitrogens with zero attached hydrogens (tertiary/aromatic N) is 1. The number of nitrogens with one attached hydrogen (secondary N) is 1. The van der Waals surface area contributed by atoms with Crippen molar-refractivity contribution in [2.24, 2.45) is 13.0 Å². The molecule has 1 aromatic heterocycles. The van der Waals surface area contributed by atoms with Crippen LogP contribution in [0.15, 0.2) is 6.07 Å². The topological polar surface area (TPSA) is 26.2 Å². The summed E-state index contributed by atoms with van der Waals surface area (Å²) in [5, 5.41) is 4.62. The Morgan fingerprint density at radius 1 is 1.56 bits per heavy atom. The van der Waals surface area contributed by atoms with Crippen molar-refractivity contribution in [3.63, 3.8) is 0 Å². The van der Waals surface area contributed by atoms with Crippen LogP contribution in [0.1, 0.15) is 12.1 Å². The Morgan fingerprint density at radius 2 is 2.38 bits per heavy atom. The summed E-state index contributed by atoms with van der Waals surface area (Å²) < 4.78 is 7.22. The van der Waals surface area contributed by atoms with E-state index < -0.39 is 0 Å². The molecule has 0 aliphatic carbocycles. The zero-order valence-electron chi connectivity index (χ0n) is 9.30. The third kappa shape index (κ3) is 2.72. The number of ether oxygens (including phenoxy) is 1. The van der Waals surface area contributed by atoms with Crippen LogP contribution in [0.5, 0.6) is 0 Å². The van der Waals surface area contributed by atoms with Gasteiger partial charge in [0.05, 0.1) is 11.6 Å². The Balaban J connectivity index is 1.82. The molecular formula is C11H16Cl2N2O. The quantitative estimate of drug-likeness (QED) is 0.903. The number of halogens is 2. The lowest BCUT2D eigenvalue weighted by Gasteiger charge is -2.10. The molecule has 0 saturated carbocycles. The van der Waals surface area contributed by atoms with Crippen LogP contribution in [-0.2, 0) is 18.3 Å². The Hall–Kier alpha value is -0.220. The molecule has 0 bridgehead atoms. The molecule has 1 aromatic rings. The van der Waals surface area contributed by atoms with Crippen molar-refractivity contribution in [3.8, 4) is 0 Å². The summed E-state index contributed by atoms with van der Waals surface area (Å²) in [6, 6.07) is 1.90. The van der Waals surface area contributed by atoms with Crippen molar-refractivity contribution in [1.29, 1.82) is 0 Å². The van der Waals surface area contributed by atoms with E-state index in [0.29, 0.717) is 16.1 Å². The van der Waals surface area contributed by atoms with E-state index in [-0.39, 0.29) is 0 Å². The minimum atomic E-state index is 0.600. The lowest BCUT2D eigenvalue weighted by atomic mass is 10.1. The molecular weight excluding hydrogens is 247 g/mol. The van der Waals surface area contributed by atoms with Gasteiger partial charge in [-0.3, -0.25) is 0 Å². The van der Waals surface area contributed by atoms with Crippen molar-refractivity contribution in [1.82, 2.24) is 9.88 Å². The molecule has 2 heterocycles. The van der Waals surface area contributed by atoms with Crippen LogP contribution in [-0.4, -0.2) is 24.3 Å². The second-order valence-electron chi connectivity index (χ2n) is 4.19. The fourth-order valence-electron chi connectivity index (χ4n) is 1.91. The van der Waals surface area contributed by atoms with Crippen molar-refractivity contribution in [2.45, 2.75) is 13.0 Å². The maximum atomic E-state index is 5.99. The Kier molecular flexibility index (Phi) is 4.14. The highest BCUT2D eigenvalue weighted by Gasteiger charge is 2.15. The summed E-state index contributed by atoms with van der Waals surface area (Å²) in [6.07, 6.45) is 1.15. The van der Waals surface area contributed by atoms with Gasteiger partial charge in [0.15, 0.2) is 0 Å². The highest BCUT2D eigenvalue weighted by Crippen LogP contribution is 2.25. The molecule has 3 nitrogen and oxygen atoms in total. The van der Waals surface area contributed by atoms with Crippen LogP contribution in [0.2, 0.25) is 10.2 Å². The number of hydrogen-bond donors (Lipinski definition) is 1. The van der Waals surface area contributed by atoms with E-state index in [1.807, 2.05) is 17.7 Å². The highest BCUT2D eigenvalue weighted by molar-refractivity contribution is 6.41. The molecule has 1 fully saturated rings. The molecule has 16 heavy (non-hydrogen) atoms. The average molecular weight is 263 g/mol. The van der Waals surface area contributed by atoms with Gasteiger partial charge >= 0.3 is 0 Å². The summed E-state index contributed by atoms with van der Waals surface area (Å²) >= 11 is 11.9. The van der Waals surface area contributed by atoms with E-state index in [4.69, 9.17) is 27.9 Å². The Morgan fingerprint density at radius 3 is 2.94 bits per heavy atom. The number of hydrogen-bond acceptors (Lipinski definition) is 2. The van der Waals surface area contributed by atoms with E-state index in [1.165, 1.54) is 0 Å². The minimum absolute atomic E-state index is 0.600. The first-order valence-corrected chi connectivity index (χ1v) is 6.22. The van der Waals surface area contributed by atoms with Crippen molar-refractivity contribution in [2.75, 3.05) is 19.8 Å². The maximum Gasteiger partial charge on any atom is 0.127 e. The molecule has 0 aromatic carbocycles. The highest BCUT2D eigenvalue weighted by atomic mass is 35.5. The standard InChI is InChI=1S/C11H16Cl2N2O/c1-15-9(4-10(12)11(15)13)6-14-5-8-2-3-16-7-8/h4,8,14H,2-3,5-7H2,1H3. The first-order valence-electron chi connectivity index (χ1n) is 5.46. The number of rotatable bonds is 4. The van der Waals surface area contributed by atoms with E-state index in [1.54, 1.807) is 0 Å². The van der Waals surface area contributed by atoms with Gasteiger partial charge < -0.3 is 14.6 Å². The number of aromatic nitrogens is 1. The molecule has 0 spiro atoms. The van der Waals surface area contributed by atoms with Gasteiger partial charge in [0.1, 0.15) is 5.15 Å². The van der Waals surface area contributed by atoms with Gasteiger partial charge in [0, 0.05) is 32.4 Å². The molecule has 1 aliphatic heterocycles. The second kappa shape index (κ2) is 5.41. The van der Waals surface area contributed by atoms with Gasteiger partial charge in [-0.1, -0.05) is 23.2 Å². The van der Waals surface area contributed by atoms with E-state index in [0.717, 1.165) is 38.4 Å². The van der Waals surface area contributed by atoms with Gasteiger partial charge in [-0.2, -0.15) is 0 Å². The molecule has 5 heteroatoms. The summed E-state index contributed by atoms with van der Waals surface area (Å²) in [5.41, 5.74) is 1.11. The van der Waals surface area contributed by atoms with Crippen LogP contribution in [0.3, 0.4) is 0 Å². The third-order valence-corrected chi connectivity index (χ3v) is 3.82. The summed E-state index contributed by atoms with van der Waals surface area (Å²) in [4.78, 5) is 0. The van der Waals surface area contributed by atoms with Crippen molar-refractivity contribution in [3.05, 3.63) is 21.9 Å². The summed E-state index contributed by atoms with van der Waals surface area (Å²) in [7, 11) is 1.92. The minimum Gasteiger partial charge on any atom is -0.381 e. The van der Waals surface area contributed by atoms with Gasteiger partial charge in [0.2, 0.25) is 0 Å². The molecule has 2 rings (SSSR count). The monoisotopic (exact) mass is 262 g/mol. The molecule has 1 saturated heterocycles. The van der Waals surface area contributed by atoms with Crippen LogP contribution in [0.4, 0.5) is 0 Å². The van der Waals surface area contributed by atoms with Gasteiger partial charge in [-0.15, -0.1) is 0 Å². The zero-order valence-corrected chi connectivity index (χ0v) is 10.8. The molecule has 1 atom stereocenters. The lowest BCUT2D eigenvalue weighted by molar-refractivity contribution is 0.185. The molecule has 1 N–H and O–H groups in total. The fourth-order valence-corrected chi connectivity index (χ4v) is 2.32. The van der Waals surface area contributed by atoms with Gasteiger partial charge in [-0.25, -0.2) is 0 Å². The van der Waals surface area contributed by atoms with Crippen LogP contribution in [0, 0.1) is 5.92 Å². The van der Waals surface area contributed by atoms with Crippen molar-refractivity contribution < 1.29 is 4.74 Å². The predicted molar refractivity (Wildman–Crippen MR) is 66.1 cm³/mol. The molecule has 90 valence electrons. The van der Waals surface area contributed by atoms with E-state index >= 15 is 0 Å². The third-order valence-electron chi connectivity index (χ3n) is 2.98. The molecule has 1 aliphatic rings. The van der Waals surface area contributed by atoms with Crippen molar-refractivity contribution >= 4 is 23.2 Å². The maximum absolute atomic E-state index is 5.99.